The highest BCUT2D eigenvalue weighted by molar-refractivity contribution is 7.47. The molecule has 1 N–H and O–H groups in total. The summed E-state index contributed by atoms with van der Waals surface area (Å²) in [6.45, 7) is 4.20. The monoisotopic (exact) mass is 793 g/mol. The van der Waals surface area contributed by atoms with E-state index in [0.717, 1.165) is 57.8 Å². The van der Waals surface area contributed by atoms with Gasteiger partial charge in [-0.2, -0.15) is 0 Å². The maximum absolute atomic E-state index is 12.6. The molecule has 0 heterocycles. The van der Waals surface area contributed by atoms with E-state index in [-0.39, 0.29) is 26.1 Å². The fourth-order valence-electron chi connectivity index (χ4n) is 5.21. The highest BCUT2D eigenvalue weighted by Gasteiger charge is 2.27. The van der Waals surface area contributed by atoms with Gasteiger partial charge in [0.1, 0.15) is 19.8 Å². The van der Waals surface area contributed by atoms with E-state index in [1.165, 1.54) is 57.8 Å². The Morgan fingerprint density at radius 2 is 1.04 bits per heavy atom. The van der Waals surface area contributed by atoms with Crippen LogP contribution in [0, 0.1) is 0 Å². The summed E-state index contributed by atoms with van der Waals surface area (Å²) in [5, 5.41) is 0. The number of ether oxygens (including phenoxy) is 2. The molecule has 0 fully saturated rings. The summed E-state index contributed by atoms with van der Waals surface area (Å²) in [5.41, 5.74) is 0. The number of nitrogens with zero attached hydrogens (tertiary/aromatic N) is 1. The first-order valence-corrected chi connectivity index (χ1v) is 22.7. The zero-order valence-electron chi connectivity index (χ0n) is 35.4. The van der Waals surface area contributed by atoms with Crippen LogP contribution in [0.3, 0.4) is 0 Å². The van der Waals surface area contributed by atoms with Crippen molar-refractivity contribution in [2.45, 2.75) is 155 Å². The van der Waals surface area contributed by atoms with Crippen LogP contribution in [-0.4, -0.2) is 74.9 Å². The van der Waals surface area contributed by atoms with Crippen molar-refractivity contribution in [3.63, 3.8) is 0 Å². The number of hydrogen-bond acceptors (Lipinski definition) is 7. The quantitative estimate of drug-likeness (QED) is 0.0218. The van der Waals surface area contributed by atoms with Crippen LogP contribution in [0.15, 0.2) is 72.9 Å². The van der Waals surface area contributed by atoms with Crippen molar-refractivity contribution in [2.75, 3.05) is 47.5 Å². The Kier molecular flexibility index (Phi) is 35.3. The number of hydrogen-bond donors (Lipinski definition) is 1. The average Bonchev–Trinajstić information content (AvgIpc) is 3.13. The second-order valence-electron chi connectivity index (χ2n) is 15.0. The van der Waals surface area contributed by atoms with E-state index in [1.807, 2.05) is 33.3 Å². The molecule has 0 aromatic rings. The second kappa shape index (κ2) is 37.1. The van der Waals surface area contributed by atoms with Gasteiger partial charge in [0.05, 0.1) is 27.7 Å². The van der Waals surface area contributed by atoms with E-state index in [9.17, 15) is 19.0 Å². The first kappa shape index (κ1) is 52.5. The van der Waals surface area contributed by atoms with Crippen LogP contribution >= 0.6 is 7.82 Å². The predicted octanol–water partition coefficient (Wildman–Crippen LogP) is 11.9. The van der Waals surface area contributed by atoms with E-state index in [4.69, 9.17) is 18.5 Å². The SMILES string of the molecule is CC/C=C/C/C=C/C/C=C/C/C=C/C/C=C/C/C=C/CCC(=O)O[C@H](COC(=O)CCCCCCCCCCCCCC)COP(=O)(O)OCC[N+](C)(C)C. The van der Waals surface area contributed by atoms with Gasteiger partial charge in [0.2, 0.25) is 0 Å². The second-order valence-corrected chi connectivity index (χ2v) is 16.5. The molecule has 10 heteroatoms. The minimum Gasteiger partial charge on any atom is -0.462 e. The van der Waals surface area contributed by atoms with Gasteiger partial charge in [-0.25, -0.2) is 4.57 Å². The predicted molar refractivity (Wildman–Crippen MR) is 229 cm³/mol. The standard InChI is InChI=1S/C45H78NO8P/c1-6-8-10-12-14-16-18-20-21-22-23-24-25-26-28-30-32-34-36-38-45(48)54-43(42-53-55(49,50)52-40-39-46(3,4)5)41-51-44(47)37-35-33-31-29-27-19-17-15-13-11-9-7-2/h8,10,14,16,20-21,23-24,26,28,32,34,43H,6-7,9,11-13,15,17-19,22,25,27,29-31,33,35-42H2,1-5H3/p+1/b10-8+,16-14+,21-20+,24-23+,28-26+,34-32+/t43-/m1/s1. The Labute approximate surface area is 336 Å². The summed E-state index contributed by atoms with van der Waals surface area (Å²) in [6, 6.07) is 0. The summed E-state index contributed by atoms with van der Waals surface area (Å²) < 4.78 is 34.1. The number of esters is 2. The molecule has 0 aliphatic rings. The van der Waals surface area contributed by atoms with Crippen LogP contribution < -0.4 is 0 Å². The van der Waals surface area contributed by atoms with Crippen LogP contribution in [-0.2, 0) is 32.7 Å². The smallest absolute Gasteiger partial charge is 0.462 e. The van der Waals surface area contributed by atoms with Crippen LogP contribution in [0.4, 0.5) is 0 Å². The molecular formula is C45H79NO8P+. The van der Waals surface area contributed by atoms with Crippen molar-refractivity contribution in [1.82, 2.24) is 0 Å². The Hall–Kier alpha value is -2.55. The molecule has 0 rings (SSSR count). The van der Waals surface area contributed by atoms with Crippen molar-refractivity contribution in [3.05, 3.63) is 72.9 Å². The minimum absolute atomic E-state index is 0.0156. The summed E-state index contributed by atoms with van der Waals surface area (Å²) >= 11 is 0. The Morgan fingerprint density at radius 3 is 1.51 bits per heavy atom. The molecule has 0 spiro atoms. The number of carbonyl (C=O) groups excluding carboxylic acids is 2. The molecule has 0 amide bonds. The van der Waals surface area contributed by atoms with E-state index in [0.29, 0.717) is 17.4 Å². The Morgan fingerprint density at radius 1 is 0.582 bits per heavy atom. The van der Waals surface area contributed by atoms with Gasteiger partial charge >= 0.3 is 19.8 Å². The van der Waals surface area contributed by atoms with Crippen LogP contribution in [0.1, 0.15) is 149 Å². The van der Waals surface area contributed by atoms with E-state index in [2.05, 4.69) is 74.6 Å². The molecule has 1 unspecified atom stereocenters. The van der Waals surface area contributed by atoms with Gasteiger partial charge in [0.25, 0.3) is 0 Å². The highest BCUT2D eigenvalue weighted by atomic mass is 31.2. The van der Waals surface area contributed by atoms with Gasteiger partial charge in [-0.3, -0.25) is 18.6 Å². The first-order chi connectivity index (χ1) is 26.5. The highest BCUT2D eigenvalue weighted by Crippen LogP contribution is 2.43. The van der Waals surface area contributed by atoms with Crippen molar-refractivity contribution in [1.29, 1.82) is 0 Å². The third-order valence-electron chi connectivity index (χ3n) is 8.51. The number of likely N-dealkylation sites (N-methyl/N-ethyl adjacent to an activating group) is 1. The van der Waals surface area contributed by atoms with Gasteiger partial charge in [-0.1, -0.05) is 157 Å². The van der Waals surface area contributed by atoms with Crippen LogP contribution in [0.5, 0.6) is 0 Å². The minimum atomic E-state index is -4.39. The number of rotatable bonds is 37. The molecule has 0 aromatic heterocycles. The molecule has 0 aromatic carbocycles. The molecule has 0 bridgehead atoms. The lowest BCUT2D eigenvalue weighted by atomic mass is 10.0. The largest absolute Gasteiger partial charge is 0.472 e. The summed E-state index contributed by atoms with van der Waals surface area (Å²) in [7, 11) is 1.42. The zero-order valence-corrected chi connectivity index (χ0v) is 36.3. The summed E-state index contributed by atoms with van der Waals surface area (Å²) in [5.74, 6) is -0.902. The number of carbonyl (C=O) groups is 2. The lowest BCUT2D eigenvalue weighted by Gasteiger charge is -2.24. The normalized spacial score (nSPS) is 14.4. The fraction of sp³-hybridized carbons (Fsp3) is 0.689. The van der Waals surface area contributed by atoms with E-state index in [1.54, 1.807) is 0 Å². The number of quaternary nitrogens is 1. The molecule has 0 radical (unpaired) electrons. The van der Waals surface area contributed by atoms with Gasteiger partial charge < -0.3 is 18.9 Å². The fourth-order valence-corrected chi connectivity index (χ4v) is 5.96. The van der Waals surface area contributed by atoms with Crippen LogP contribution in [0.2, 0.25) is 0 Å². The van der Waals surface area contributed by atoms with E-state index < -0.39 is 32.5 Å². The van der Waals surface area contributed by atoms with Crippen molar-refractivity contribution < 1.29 is 42.1 Å². The molecular weight excluding hydrogens is 713 g/mol. The van der Waals surface area contributed by atoms with Gasteiger partial charge in [0, 0.05) is 12.8 Å². The van der Waals surface area contributed by atoms with Crippen molar-refractivity contribution in [2.24, 2.45) is 0 Å². The van der Waals surface area contributed by atoms with E-state index >= 15 is 0 Å². The van der Waals surface area contributed by atoms with Crippen LogP contribution in [0.25, 0.3) is 0 Å². The van der Waals surface area contributed by atoms with Gasteiger partial charge in [0.15, 0.2) is 6.10 Å². The lowest BCUT2D eigenvalue weighted by Crippen LogP contribution is -2.37. The zero-order chi connectivity index (χ0) is 40.7. The molecule has 0 saturated heterocycles. The first-order valence-electron chi connectivity index (χ1n) is 21.2. The Bertz CT molecular complexity index is 1170. The lowest BCUT2D eigenvalue weighted by molar-refractivity contribution is -0.870. The molecule has 316 valence electrons. The maximum Gasteiger partial charge on any atom is 0.472 e. The maximum atomic E-state index is 12.6. The molecule has 0 saturated carbocycles. The number of phosphoric ester groups is 1. The topological polar surface area (TPSA) is 108 Å². The number of allylic oxidation sites excluding steroid dienone is 12. The summed E-state index contributed by atoms with van der Waals surface area (Å²) in [4.78, 5) is 35.2. The molecule has 9 nitrogen and oxygen atoms in total. The van der Waals surface area contributed by atoms with Gasteiger partial charge in [-0.05, 0) is 51.4 Å². The third-order valence-corrected chi connectivity index (χ3v) is 9.50. The Balaban J connectivity index is 4.53. The van der Waals surface area contributed by atoms with Crippen molar-refractivity contribution in [3.8, 4) is 0 Å². The number of phosphoric acid groups is 1. The number of unbranched alkanes of at least 4 members (excludes halogenated alkanes) is 11. The van der Waals surface area contributed by atoms with Gasteiger partial charge in [-0.15, -0.1) is 0 Å². The molecule has 55 heavy (non-hydrogen) atoms. The molecule has 0 aliphatic carbocycles. The molecule has 0 aliphatic heterocycles. The third kappa shape index (κ3) is 40.9. The van der Waals surface area contributed by atoms with Crippen molar-refractivity contribution >= 4 is 19.8 Å². The molecule has 2 atom stereocenters. The summed E-state index contributed by atoms with van der Waals surface area (Å²) in [6.07, 6.45) is 45.4. The average molecular weight is 793 g/mol.